The number of rotatable bonds is 8. The summed E-state index contributed by atoms with van der Waals surface area (Å²) in [5, 5.41) is 10.9. The molecule has 0 fully saturated rings. The fourth-order valence-corrected chi connectivity index (χ4v) is 3.16. The molecular weight excluding hydrogens is 506 g/mol. The molecule has 0 saturated heterocycles. The fraction of sp³-hybridized carbons (Fsp3) is 0.304. The highest BCUT2D eigenvalue weighted by Gasteiger charge is 2.07. The summed E-state index contributed by atoms with van der Waals surface area (Å²) in [6.07, 6.45) is 3.74. The monoisotopic (exact) mass is 536 g/mol. The zero-order valence-electron chi connectivity index (χ0n) is 18.2. The Labute approximate surface area is 200 Å². The van der Waals surface area contributed by atoms with Gasteiger partial charge in [-0.3, -0.25) is 4.68 Å². The number of benzene rings is 2. The summed E-state index contributed by atoms with van der Waals surface area (Å²) in [4.78, 5) is 6.38. The van der Waals surface area contributed by atoms with Crippen LogP contribution in [0, 0.1) is 5.82 Å². The molecule has 0 aliphatic carbocycles. The molecule has 31 heavy (non-hydrogen) atoms. The van der Waals surface area contributed by atoms with Gasteiger partial charge in [-0.1, -0.05) is 30.3 Å². The summed E-state index contributed by atoms with van der Waals surface area (Å²) >= 11 is 0. The Morgan fingerprint density at radius 3 is 2.52 bits per heavy atom. The predicted octanol–water partition coefficient (Wildman–Crippen LogP) is 4.01. The quantitative estimate of drug-likeness (QED) is 0.260. The first kappa shape index (κ1) is 24.6. The van der Waals surface area contributed by atoms with E-state index in [1.807, 2.05) is 56.2 Å². The van der Waals surface area contributed by atoms with Gasteiger partial charge in [0, 0.05) is 39.6 Å². The van der Waals surface area contributed by atoms with Gasteiger partial charge in [0.25, 0.3) is 0 Å². The van der Waals surface area contributed by atoms with Gasteiger partial charge in [0.2, 0.25) is 0 Å². The van der Waals surface area contributed by atoms with Gasteiger partial charge >= 0.3 is 0 Å². The fourth-order valence-electron chi connectivity index (χ4n) is 3.16. The summed E-state index contributed by atoms with van der Waals surface area (Å²) in [5.41, 5.74) is 3.78. The molecule has 0 saturated carbocycles. The number of aromatic nitrogens is 2. The van der Waals surface area contributed by atoms with Crippen molar-refractivity contribution in [3.05, 3.63) is 83.4 Å². The van der Waals surface area contributed by atoms with Gasteiger partial charge in [-0.25, -0.2) is 9.38 Å². The summed E-state index contributed by atoms with van der Waals surface area (Å²) in [6, 6.07) is 15.4. The Morgan fingerprint density at radius 1 is 1.10 bits per heavy atom. The van der Waals surface area contributed by atoms with E-state index in [9.17, 15) is 4.39 Å². The lowest BCUT2D eigenvalue weighted by molar-refractivity contribution is 0.624. The van der Waals surface area contributed by atoms with Crippen LogP contribution in [-0.2, 0) is 19.6 Å². The van der Waals surface area contributed by atoms with Crippen LogP contribution in [0.25, 0.3) is 0 Å². The van der Waals surface area contributed by atoms with Crippen LogP contribution in [0.4, 0.5) is 10.1 Å². The second kappa shape index (κ2) is 12.3. The van der Waals surface area contributed by atoms with E-state index in [1.165, 1.54) is 11.1 Å². The van der Waals surface area contributed by atoms with E-state index in [4.69, 9.17) is 0 Å². The van der Waals surface area contributed by atoms with Gasteiger partial charge in [-0.15, -0.1) is 24.0 Å². The first-order valence-corrected chi connectivity index (χ1v) is 10.1. The minimum absolute atomic E-state index is 0. The van der Waals surface area contributed by atoms with Crippen LogP contribution in [0.15, 0.2) is 65.9 Å². The van der Waals surface area contributed by atoms with E-state index in [0.29, 0.717) is 24.7 Å². The van der Waals surface area contributed by atoms with Crippen LogP contribution in [-0.4, -0.2) is 36.4 Å². The van der Waals surface area contributed by atoms with Crippen molar-refractivity contribution < 1.29 is 4.39 Å². The van der Waals surface area contributed by atoms with Crippen molar-refractivity contribution in [3.63, 3.8) is 0 Å². The van der Waals surface area contributed by atoms with Crippen molar-refractivity contribution in [2.24, 2.45) is 4.99 Å². The van der Waals surface area contributed by atoms with Crippen molar-refractivity contribution in [1.82, 2.24) is 20.4 Å². The van der Waals surface area contributed by atoms with Crippen LogP contribution in [0.2, 0.25) is 0 Å². The van der Waals surface area contributed by atoms with E-state index in [1.54, 1.807) is 23.2 Å². The Kier molecular flexibility index (Phi) is 9.77. The molecule has 0 bridgehead atoms. The highest BCUT2D eigenvalue weighted by atomic mass is 127. The molecule has 6 nitrogen and oxygen atoms in total. The maximum absolute atomic E-state index is 14.2. The molecular formula is C23H30FIN6. The van der Waals surface area contributed by atoms with Crippen molar-refractivity contribution in [1.29, 1.82) is 0 Å². The number of hydrogen-bond donors (Lipinski definition) is 2. The highest BCUT2D eigenvalue weighted by Crippen LogP contribution is 2.18. The number of anilines is 1. The van der Waals surface area contributed by atoms with Crippen molar-refractivity contribution in [2.45, 2.75) is 26.6 Å². The minimum atomic E-state index is -0.238. The van der Waals surface area contributed by atoms with Crippen LogP contribution in [0.5, 0.6) is 0 Å². The largest absolute Gasteiger partial charge is 0.375 e. The lowest BCUT2D eigenvalue weighted by atomic mass is 10.1. The maximum atomic E-state index is 14.2. The molecule has 166 valence electrons. The number of halogens is 2. The Bertz CT molecular complexity index is 972. The van der Waals surface area contributed by atoms with Gasteiger partial charge in [0.1, 0.15) is 5.82 Å². The lowest BCUT2D eigenvalue weighted by Crippen LogP contribution is -2.37. The van der Waals surface area contributed by atoms with Crippen LogP contribution < -0.4 is 15.5 Å². The lowest BCUT2D eigenvalue weighted by Gasteiger charge is -2.15. The van der Waals surface area contributed by atoms with Crippen LogP contribution in [0.3, 0.4) is 0 Å². The first-order chi connectivity index (χ1) is 14.6. The zero-order valence-corrected chi connectivity index (χ0v) is 20.5. The third-order valence-electron chi connectivity index (χ3n) is 4.71. The summed E-state index contributed by atoms with van der Waals surface area (Å²) in [5.74, 6) is 0.460. The molecule has 0 atom stereocenters. The number of nitrogens with one attached hydrogen (secondary N) is 2. The second-order valence-corrected chi connectivity index (χ2v) is 7.20. The van der Waals surface area contributed by atoms with Gasteiger partial charge < -0.3 is 15.5 Å². The average Bonchev–Trinajstić information content (AvgIpc) is 3.24. The molecule has 8 heteroatoms. The predicted molar refractivity (Wildman–Crippen MR) is 136 cm³/mol. The number of nitrogens with zero attached hydrogens (tertiary/aromatic N) is 4. The number of guanidine groups is 1. The number of aliphatic imine (C=N–C) groups is 1. The molecule has 1 aromatic heterocycles. The SMILES string of the molecule is CCNC(=NCc1ccc(N(C)C)c(F)c1)NCc1ccccc1Cn1cccn1.I. The molecule has 2 aromatic carbocycles. The van der Waals surface area contributed by atoms with Crippen LogP contribution >= 0.6 is 24.0 Å². The normalized spacial score (nSPS) is 11.0. The van der Waals surface area contributed by atoms with Crippen LogP contribution in [0.1, 0.15) is 23.6 Å². The molecule has 3 aromatic rings. The molecule has 0 spiro atoms. The average molecular weight is 536 g/mol. The molecule has 0 radical (unpaired) electrons. The maximum Gasteiger partial charge on any atom is 0.191 e. The van der Waals surface area contributed by atoms with E-state index in [-0.39, 0.29) is 29.8 Å². The van der Waals surface area contributed by atoms with Crippen molar-refractivity contribution in [2.75, 3.05) is 25.5 Å². The standard InChI is InChI=1S/C23H29FN6.HI/c1-4-25-23(26-15-18-10-11-22(29(2)3)21(24)14-18)27-16-19-8-5-6-9-20(19)17-30-13-7-12-28-30;/h5-14H,4,15-17H2,1-3H3,(H2,25,26,27);1H. The molecule has 3 rings (SSSR count). The van der Waals surface area contributed by atoms with E-state index < -0.39 is 0 Å². The van der Waals surface area contributed by atoms with Gasteiger partial charge in [-0.05, 0) is 41.8 Å². The minimum Gasteiger partial charge on any atom is -0.375 e. The van der Waals surface area contributed by atoms with E-state index in [2.05, 4.69) is 32.9 Å². The molecule has 2 N–H and O–H groups in total. The Hall–Kier alpha value is -2.62. The summed E-state index contributed by atoms with van der Waals surface area (Å²) in [7, 11) is 3.65. The van der Waals surface area contributed by atoms with Gasteiger partial charge in [0.05, 0.1) is 18.8 Å². The topological polar surface area (TPSA) is 57.5 Å². The second-order valence-electron chi connectivity index (χ2n) is 7.20. The summed E-state index contributed by atoms with van der Waals surface area (Å²) < 4.78 is 16.1. The molecule has 0 aliphatic heterocycles. The van der Waals surface area contributed by atoms with E-state index >= 15 is 0 Å². The first-order valence-electron chi connectivity index (χ1n) is 10.1. The van der Waals surface area contributed by atoms with Crippen molar-refractivity contribution >= 4 is 35.6 Å². The Morgan fingerprint density at radius 2 is 1.87 bits per heavy atom. The third kappa shape index (κ3) is 7.23. The van der Waals surface area contributed by atoms with Gasteiger partial charge in [0.15, 0.2) is 5.96 Å². The number of hydrogen-bond acceptors (Lipinski definition) is 3. The summed E-state index contributed by atoms with van der Waals surface area (Å²) in [6.45, 7) is 4.52. The molecule has 0 aliphatic rings. The van der Waals surface area contributed by atoms with E-state index in [0.717, 1.165) is 18.7 Å². The molecule has 0 amide bonds. The Balaban J connectivity index is 0.00000341. The molecule has 0 unspecified atom stereocenters. The highest BCUT2D eigenvalue weighted by molar-refractivity contribution is 14.0. The molecule has 1 heterocycles. The van der Waals surface area contributed by atoms with Crippen molar-refractivity contribution in [3.8, 4) is 0 Å². The van der Waals surface area contributed by atoms with Gasteiger partial charge in [-0.2, -0.15) is 5.10 Å². The third-order valence-corrected chi connectivity index (χ3v) is 4.71. The smallest absolute Gasteiger partial charge is 0.191 e. The zero-order chi connectivity index (χ0) is 21.3.